The van der Waals surface area contributed by atoms with E-state index in [4.69, 9.17) is 16.2 Å². The topological polar surface area (TPSA) is 125 Å². The Morgan fingerprint density at radius 2 is 1.83 bits per heavy atom. The zero-order valence-electron chi connectivity index (χ0n) is 16.8. The van der Waals surface area contributed by atoms with Crippen LogP contribution in [0.1, 0.15) is 47.3 Å². The second-order valence-electron chi connectivity index (χ2n) is 6.66. The molecule has 1 unspecified atom stereocenters. The molecule has 156 valence electrons. The highest BCUT2D eigenvalue weighted by atomic mass is 16.6. The second kappa shape index (κ2) is 10.6. The van der Waals surface area contributed by atoms with Crippen LogP contribution in [-0.4, -0.2) is 37.3 Å². The lowest BCUT2D eigenvalue weighted by Gasteiger charge is -2.22. The quantitative estimate of drug-likeness (QED) is 0.524. The zero-order chi connectivity index (χ0) is 21.4. The molecule has 0 aliphatic heterocycles. The van der Waals surface area contributed by atoms with E-state index in [0.717, 1.165) is 29.5 Å². The number of hydrogen-bond donors (Lipinski definition) is 3. The minimum atomic E-state index is -1.01. The van der Waals surface area contributed by atoms with E-state index in [1.165, 1.54) is 7.11 Å². The van der Waals surface area contributed by atoms with Crippen molar-refractivity contribution in [1.29, 1.82) is 0 Å². The molecule has 0 aliphatic rings. The molecule has 0 aliphatic carbocycles. The van der Waals surface area contributed by atoms with Crippen molar-refractivity contribution in [3.8, 4) is 16.9 Å². The molecule has 0 fully saturated rings. The summed E-state index contributed by atoms with van der Waals surface area (Å²) in [7, 11) is 1.29. The van der Waals surface area contributed by atoms with Crippen molar-refractivity contribution in [2.45, 2.75) is 32.2 Å². The Morgan fingerprint density at radius 1 is 1.14 bits per heavy atom. The van der Waals surface area contributed by atoms with Crippen LogP contribution in [0.15, 0.2) is 36.4 Å². The van der Waals surface area contributed by atoms with Gasteiger partial charge in [-0.2, -0.15) is 0 Å². The van der Waals surface area contributed by atoms with Crippen molar-refractivity contribution in [2.24, 2.45) is 11.5 Å². The Balaban J connectivity index is 2.53. The fraction of sp³-hybridized carbons (Fsp3) is 0.364. The highest BCUT2D eigenvalue weighted by Crippen LogP contribution is 2.36. The number of nitrogens with two attached hydrogens (primary N) is 2. The number of carboxylic acid groups (broad SMARTS) is 1. The minimum absolute atomic E-state index is 0.198. The monoisotopic (exact) mass is 400 g/mol. The lowest BCUT2D eigenvalue weighted by molar-refractivity contribution is -0.142. The molecule has 29 heavy (non-hydrogen) atoms. The number of rotatable bonds is 10. The van der Waals surface area contributed by atoms with E-state index in [2.05, 4.69) is 4.74 Å². The number of carboxylic acids is 1. The zero-order valence-corrected chi connectivity index (χ0v) is 16.8. The maximum Gasteiger partial charge on any atom is 0.343 e. The first-order chi connectivity index (χ1) is 13.9. The van der Waals surface area contributed by atoms with Crippen molar-refractivity contribution in [3.63, 3.8) is 0 Å². The number of carbonyl (C=O) groups excluding carboxylic acids is 1. The van der Waals surface area contributed by atoms with Gasteiger partial charge in [0.25, 0.3) is 0 Å². The number of benzene rings is 2. The van der Waals surface area contributed by atoms with Gasteiger partial charge in [0.05, 0.1) is 12.7 Å². The summed E-state index contributed by atoms with van der Waals surface area (Å²) in [5.74, 6) is -1.01. The lowest BCUT2D eigenvalue weighted by atomic mass is 9.85. The van der Waals surface area contributed by atoms with Crippen molar-refractivity contribution in [1.82, 2.24) is 0 Å². The molecular formula is C22H28N2O5. The number of hydrogen-bond acceptors (Lipinski definition) is 6. The van der Waals surface area contributed by atoms with Gasteiger partial charge in [0.15, 0.2) is 6.61 Å². The Hall–Kier alpha value is -2.90. The van der Waals surface area contributed by atoms with Gasteiger partial charge in [0, 0.05) is 11.6 Å². The minimum Gasteiger partial charge on any atom is -0.482 e. The number of carbonyl (C=O) groups is 2. The van der Waals surface area contributed by atoms with Gasteiger partial charge in [0.2, 0.25) is 0 Å². The molecule has 0 spiro atoms. The SMILES string of the molecule is CCC(N)c1c(CCCN)ccc(C(=O)O)c1-c1ccc(OCC(=O)OC)cc1. The number of aryl methyl sites for hydroxylation is 1. The van der Waals surface area contributed by atoms with Crippen LogP contribution in [0.25, 0.3) is 11.1 Å². The molecule has 1 atom stereocenters. The largest absolute Gasteiger partial charge is 0.482 e. The molecule has 5 N–H and O–H groups in total. The molecule has 7 heteroatoms. The third-order valence-corrected chi connectivity index (χ3v) is 4.75. The third-order valence-electron chi connectivity index (χ3n) is 4.75. The second-order valence-corrected chi connectivity index (χ2v) is 6.66. The normalized spacial score (nSPS) is 11.7. The van der Waals surface area contributed by atoms with Gasteiger partial charge in [0.1, 0.15) is 5.75 Å². The summed E-state index contributed by atoms with van der Waals surface area (Å²) in [6, 6.07) is 10.1. The molecule has 0 saturated heterocycles. The Bertz CT molecular complexity index is 849. The molecule has 0 heterocycles. The van der Waals surface area contributed by atoms with E-state index in [9.17, 15) is 14.7 Å². The highest BCUT2D eigenvalue weighted by Gasteiger charge is 2.22. The van der Waals surface area contributed by atoms with E-state index in [1.807, 2.05) is 13.0 Å². The van der Waals surface area contributed by atoms with Gasteiger partial charge in [-0.3, -0.25) is 0 Å². The lowest BCUT2D eigenvalue weighted by Crippen LogP contribution is -2.16. The van der Waals surface area contributed by atoms with Crippen molar-refractivity contribution in [3.05, 3.63) is 53.1 Å². The van der Waals surface area contributed by atoms with Crippen molar-refractivity contribution in [2.75, 3.05) is 20.3 Å². The standard InChI is InChI=1S/C22H28N2O5/c1-3-18(24)21-14(5-4-12-23)8-11-17(22(26)27)20(21)15-6-9-16(10-7-15)29-13-19(25)28-2/h6-11,18H,3-5,12-13,23-24H2,1-2H3,(H,26,27). The van der Waals surface area contributed by atoms with Crippen LogP contribution < -0.4 is 16.2 Å². The smallest absolute Gasteiger partial charge is 0.343 e. The summed E-state index contributed by atoms with van der Waals surface area (Å²) in [4.78, 5) is 23.2. The number of esters is 1. The van der Waals surface area contributed by atoms with Gasteiger partial charge < -0.3 is 26.0 Å². The Labute approximate surface area is 170 Å². The summed E-state index contributed by atoms with van der Waals surface area (Å²) in [6.45, 7) is 2.32. The van der Waals surface area contributed by atoms with Crippen LogP contribution >= 0.6 is 0 Å². The molecule has 2 rings (SSSR count). The van der Waals surface area contributed by atoms with E-state index in [-0.39, 0.29) is 18.2 Å². The Kier molecular flexibility index (Phi) is 8.18. The van der Waals surface area contributed by atoms with Crippen LogP contribution in [0, 0.1) is 0 Å². The number of ether oxygens (including phenoxy) is 2. The summed E-state index contributed by atoms with van der Waals surface area (Å²) in [5.41, 5.74) is 15.4. The maximum atomic E-state index is 11.9. The number of aromatic carboxylic acids is 1. The molecule has 2 aromatic rings. The van der Waals surface area contributed by atoms with Gasteiger partial charge in [-0.25, -0.2) is 9.59 Å². The maximum absolute atomic E-state index is 11.9. The fourth-order valence-electron chi connectivity index (χ4n) is 3.21. The average molecular weight is 400 g/mol. The third kappa shape index (κ3) is 5.56. The van der Waals surface area contributed by atoms with E-state index in [0.29, 0.717) is 24.3 Å². The van der Waals surface area contributed by atoms with Gasteiger partial charge in [-0.1, -0.05) is 25.1 Å². The Morgan fingerprint density at radius 3 is 2.38 bits per heavy atom. The summed E-state index contributed by atoms with van der Waals surface area (Å²) in [5, 5.41) is 9.76. The van der Waals surface area contributed by atoms with Crippen molar-refractivity contribution >= 4 is 11.9 Å². The number of methoxy groups -OCH3 is 1. The molecule has 7 nitrogen and oxygen atoms in total. The van der Waals surface area contributed by atoms with Gasteiger partial charge in [-0.15, -0.1) is 0 Å². The van der Waals surface area contributed by atoms with Crippen LogP contribution in [0.3, 0.4) is 0 Å². The van der Waals surface area contributed by atoms with Crippen LogP contribution in [0.4, 0.5) is 0 Å². The van der Waals surface area contributed by atoms with Gasteiger partial charge in [-0.05, 0) is 60.7 Å². The molecule has 0 aromatic heterocycles. The van der Waals surface area contributed by atoms with E-state index < -0.39 is 11.9 Å². The van der Waals surface area contributed by atoms with E-state index >= 15 is 0 Å². The summed E-state index contributed by atoms with van der Waals surface area (Å²) < 4.78 is 9.93. The summed E-state index contributed by atoms with van der Waals surface area (Å²) >= 11 is 0. The van der Waals surface area contributed by atoms with Gasteiger partial charge >= 0.3 is 11.9 Å². The molecule has 2 aromatic carbocycles. The highest BCUT2D eigenvalue weighted by molar-refractivity contribution is 5.97. The first-order valence-electron chi connectivity index (χ1n) is 9.57. The van der Waals surface area contributed by atoms with Crippen molar-refractivity contribution < 1.29 is 24.2 Å². The molecule has 0 amide bonds. The first-order valence-corrected chi connectivity index (χ1v) is 9.57. The molecule has 0 radical (unpaired) electrons. The average Bonchev–Trinajstić information content (AvgIpc) is 2.74. The van der Waals surface area contributed by atoms with E-state index in [1.54, 1.807) is 30.3 Å². The molecule has 0 bridgehead atoms. The van der Waals surface area contributed by atoms with Crippen LogP contribution in [-0.2, 0) is 16.0 Å². The molecule has 0 saturated carbocycles. The molecular weight excluding hydrogens is 372 g/mol. The first kappa shape index (κ1) is 22.4. The van der Waals surface area contributed by atoms with Crippen LogP contribution in [0.5, 0.6) is 5.75 Å². The van der Waals surface area contributed by atoms with Crippen LogP contribution in [0.2, 0.25) is 0 Å². The fourth-order valence-corrected chi connectivity index (χ4v) is 3.21. The predicted octanol–water partition coefficient (Wildman–Crippen LogP) is 2.90. The summed E-state index contributed by atoms with van der Waals surface area (Å²) in [6.07, 6.45) is 2.19. The predicted molar refractivity (Wildman–Crippen MR) is 111 cm³/mol.